The lowest BCUT2D eigenvalue weighted by molar-refractivity contribution is -0.181. The molecule has 0 bridgehead atoms. The number of ketones is 1. The number of Topliss-reactive ketones (excluding diaryl/α,β-unsaturated/α-hetero) is 1. The Morgan fingerprint density at radius 3 is 1.91 bits per heavy atom. The van der Waals surface area contributed by atoms with E-state index in [0.717, 1.165) is 19.3 Å². The Morgan fingerprint density at radius 2 is 1.33 bits per heavy atom. The highest BCUT2D eigenvalue weighted by Gasteiger charge is 2.43. The van der Waals surface area contributed by atoms with Gasteiger partial charge in [0, 0.05) is 70.7 Å². The van der Waals surface area contributed by atoms with Crippen molar-refractivity contribution in [1.29, 1.82) is 0 Å². The third-order valence-electron chi connectivity index (χ3n) is 18.5. The Kier molecular flexibility index (Phi) is 35.9. The van der Waals surface area contributed by atoms with Crippen LogP contribution in [0.3, 0.4) is 0 Å². The molecular formula is C70H114N10O16. The minimum absolute atomic E-state index is 0.0138. The largest absolute Gasteiger partial charge is 0.445 e. The van der Waals surface area contributed by atoms with Crippen molar-refractivity contribution < 1.29 is 77.1 Å². The molecule has 10 amide bonds. The van der Waals surface area contributed by atoms with Crippen molar-refractivity contribution >= 4 is 65.1 Å². The maximum Gasteiger partial charge on any atom is 0.410 e. The average Bonchev–Trinajstić information content (AvgIpc) is 1.73. The number of carbonyl (C=O) groups is 10. The zero-order chi connectivity index (χ0) is 72.1. The smallest absolute Gasteiger partial charge is 0.410 e. The minimum Gasteiger partial charge on any atom is -0.445 e. The lowest BCUT2D eigenvalue weighted by Gasteiger charge is -2.40. The number of anilines is 1. The number of urea groups is 1. The predicted octanol–water partition coefficient (Wildman–Crippen LogP) is 6.70. The molecule has 15 atom stereocenters. The second kappa shape index (κ2) is 41.6. The fourth-order valence-corrected chi connectivity index (χ4v) is 12.4. The molecule has 3 rings (SSSR count). The van der Waals surface area contributed by atoms with Crippen LogP contribution in [0.5, 0.6) is 0 Å². The number of hydrogen-bond acceptors (Lipinski definition) is 16. The summed E-state index contributed by atoms with van der Waals surface area (Å²) in [5, 5.41) is 39.4. The van der Waals surface area contributed by atoms with Gasteiger partial charge in [-0.3, -0.25) is 38.5 Å². The Balaban J connectivity index is 1.64. The van der Waals surface area contributed by atoms with E-state index in [1.54, 1.807) is 70.8 Å². The predicted molar refractivity (Wildman–Crippen MR) is 364 cm³/mol. The fourth-order valence-electron chi connectivity index (χ4n) is 12.4. The molecule has 0 spiro atoms. The van der Waals surface area contributed by atoms with Gasteiger partial charge in [-0.1, -0.05) is 138 Å². The third kappa shape index (κ3) is 26.2. The first-order chi connectivity index (χ1) is 45.3. The monoisotopic (exact) mass is 1350 g/mol. The minimum atomic E-state index is -1.15. The van der Waals surface area contributed by atoms with Crippen molar-refractivity contribution in [3.63, 3.8) is 0 Å². The molecule has 1 aliphatic carbocycles. The molecule has 0 saturated heterocycles. The molecule has 0 heterocycles. The fraction of sp³-hybridized carbons (Fsp3) is 0.686. The molecule has 540 valence electrons. The standard InChI is InChI=1S/C70H114N10O16/c1-17-43(9)61(44(10)36-55(82)53-27-22-26-52(53)45(11)46(12)63(85)74-47(13)62(84)49-24-20-19-21-25-49)79(14)67(89)59(41(5)6)78-66(88)60(42(7)8)80(15)70(92)95-38-48-29-31-50(32-30-48)75-64(86)54(28-23-34-72-68(71)90)76-65(87)58(40(3)4)77-56(83)33-35-73-69(91)94-39-57(93-16)96-51(18-2)37-81/h19-21,24-25,29-32,40-47,51-54,57-62,81,84H,17-18,22-23,26-28,33-39H2,1-16H3,(H,73,91)(H,74,85)(H,75,86)(H,76,87)(H,77,83)(H,78,88)(H3,71,72,90)/t43-,44?,45+,46+,47+,51?,52-,53?,54+,57?,58+,59-,60-,61-,62+/m0/s1. The first-order valence-electron chi connectivity index (χ1n) is 34.1. The number of aliphatic hydroxyl groups is 2. The van der Waals surface area contributed by atoms with E-state index in [9.17, 15) is 58.2 Å². The summed E-state index contributed by atoms with van der Waals surface area (Å²) in [5.41, 5.74) is 6.80. The van der Waals surface area contributed by atoms with E-state index in [4.69, 9.17) is 24.7 Å². The summed E-state index contributed by atoms with van der Waals surface area (Å²) in [7, 11) is 4.52. The summed E-state index contributed by atoms with van der Waals surface area (Å²) < 4.78 is 21.5. The SMILES string of the molecule is CCC(CO)OC(COC(=O)NCCC(=O)N[C@@H](C(=O)N[C@H](CCCNC(N)=O)C(=O)Nc1ccc(COC(=O)N(C)[C@H](C(=O)N[C@H](C(=O)N(C)[C@H](C(C)CC(=O)C2CCC[C@H]2[C@H](C)[C@@H](C)C(=O)N[C@H](C)[C@@H](O)c2ccccc2)[C@@H](C)CC)C(C)C)C(C)C)cc1)C(C)C)OC. The van der Waals surface area contributed by atoms with Gasteiger partial charge in [0.2, 0.25) is 35.4 Å². The van der Waals surface area contributed by atoms with Crippen LogP contribution >= 0.6 is 0 Å². The van der Waals surface area contributed by atoms with Crippen LogP contribution in [0.1, 0.15) is 165 Å². The molecule has 26 heteroatoms. The van der Waals surface area contributed by atoms with Crippen molar-refractivity contribution in [2.75, 3.05) is 52.8 Å². The lowest BCUT2D eigenvalue weighted by atomic mass is 9.74. The van der Waals surface area contributed by atoms with Gasteiger partial charge in [0.25, 0.3) is 0 Å². The van der Waals surface area contributed by atoms with Crippen LogP contribution < -0.4 is 43.0 Å². The molecule has 1 saturated carbocycles. The summed E-state index contributed by atoms with van der Waals surface area (Å²) in [6.07, 6.45) is -0.0826. The third-order valence-corrected chi connectivity index (χ3v) is 18.5. The number of nitrogens with one attached hydrogen (secondary N) is 7. The molecule has 11 N–H and O–H groups in total. The molecule has 1 aliphatic rings. The van der Waals surface area contributed by atoms with E-state index in [-0.39, 0.29) is 118 Å². The van der Waals surface area contributed by atoms with Gasteiger partial charge in [-0.25, -0.2) is 14.4 Å². The highest BCUT2D eigenvalue weighted by Crippen LogP contribution is 2.42. The molecule has 0 aliphatic heterocycles. The molecule has 4 unspecified atom stereocenters. The number of rotatable bonds is 41. The molecule has 2 aromatic carbocycles. The average molecular weight is 1350 g/mol. The molecule has 2 aromatic rings. The highest BCUT2D eigenvalue weighted by atomic mass is 16.7. The van der Waals surface area contributed by atoms with E-state index < -0.39 is 108 Å². The number of likely N-dealkylation sites (N-methyl/N-ethyl adjacent to an activating group) is 2. The summed E-state index contributed by atoms with van der Waals surface area (Å²) in [4.78, 5) is 138. The lowest BCUT2D eigenvalue weighted by Crippen LogP contribution is -2.59. The molecule has 26 nitrogen and oxygen atoms in total. The second-order valence-corrected chi connectivity index (χ2v) is 26.8. The zero-order valence-corrected chi connectivity index (χ0v) is 59.6. The van der Waals surface area contributed by atoms with Crippen LogP contribution in [0.15, 0.2) is 54.6 Å². The zero-order valence-electron chi connectivity index (χ0n) is 59.6. The van der Waals surface area contributed by atoms with E-state index in [1.165, 1.54) is 19.1 Å². The topological polar surface area (TPSA) is 365 Å². The van der Waals surface area contributed by atoms with Crippen LogP contribution in [-0.4, -0.2) is 176 Å². The molecule has 0 aromatic heterocycles. The van der Waals surface area contributed by atoms with Gasteiger partial charge in [0.15, 0.2) is 6.29 Å². The van der Waals surface area contributed by atoms with Gasteiger partial charge >= 0.3 is 18.2 Å². The van der Waals surface area contributed by atoms with Gasteiger partial charge in [0.1, 0.15) is 43.2 Å². The van der Waals surface area contributed by atoms with Crippen molar-refractivity contribution in [3.05, 3.63) is 65.7 Å². The van der Waals surface area contributed by atoms with Gasteiger partial charge in [0.05, 0.1) is 24.9 Å². The molecule has 1 fully saturated rings. The van der Waals surface area contributed by atoms with Gasteiger partial charge < -0.3 is 77.0 Å². The number of benzene rings is 2. The maximum atomic E-state index is 14.8. The van der Waals surface area contributed by atoms with Gasteiger partial charge in [-0.15, -0.1) is 0 Å². The first kappa shape index (κ1) is 82.8. The second-order valence-electron chi connectivity index (χ2n) is 26.8. The summed E-state index contributed by atoms with van der Waals surface area (Å²) in [6.45, 7) is 23.4. The number of amides is 10. The normalized spacial score (nSPS) is 17.9. The molecular weight excluding hydrogens is 1240 g/mol. The van der Waals surface area contributed by atoms with Crippen molar-refractivity contribution in [2.24, 2.45) is 59.0 Å². The summed E-state index contributed by atoms with van der Waals surface area (Å²) in [5.74, 6) is -5.11. The Labute approximate surface area is 568 Å². The molecule has 96 heavy (non-hydrogen) atoms. The van der Waals surface area contributed by atoms with Crippen molar-refractivity contribution in [2.45, 2.75) is 209 Å². The van der Waals surface area contributed by atoms with E-state index >= 15 is 0 Å². The summed E-state index contributed by atoms with van der Waals surface area (Å²) >= 11 is 0. The molecule has 0 radical (unpaired) electrons. The number of carbonyl (C=O) groups excluding carboxylic acids is 10. The number of alkyl carbamates (subject to hydrolysis) is 1. The van der Waals surface area contributed by atoms with Crippen LogP contribution in [0.4, 0.5) is 20.1 Å². The Morgan fingerprint density at radius 1 is 0.688 bits per heavy atom. The van der Waals surface area contributed by atoms with E-state index in [0.29, 0.717) is 29.7 Å². The van der Waals surface area contributed by atoms with Crippen LogP contribution in [0.25, 0.3) is 0 Å². The van der Waals surface area contributed by atoms with Crippen LogP contribution in [0.2, 0.25) is 0 Å². The van der Waals surface area contributed by atoms with Crippen molar-refractivity contribution in [3.8, 4) is 0 Å². The number of nitrogens with two attached hydrogens (primary N) is 1. The van der Waals surface area contributed by atoms with E-state index in [1.807, 2.05) is 78.8 Å². The Bertz CT molecular complexity index is 2790. The number of hydrogen-bond donors (Lipinski definition) is 10. The van der Waals surface area contributed by atoms with Crippen LogP contribution in [-0.2, 0) is 59.1 Å². The number of nitrogens with zero attached hydrogens (tertiary/aromatic N) is 2. The highest BCUT2D eigenvalue weighted by molar-refractivity contribution is 5.98. The van der Waals surface area contributed by atoms with Gasteiger partial charge in [-0.05, 0) is 104 Å². The summed E-state index contributed by atoms with van der Waals surface area (Å²) in [6, 6.07) is 9.58. The van der Waals surface area contributed by atoms with Gasteiger partial charge in [-0.2, -0.15) is 0 Å². The maximum absolute atomic E-state index is 14.8. The number of methoxy groups -OCH3 is 1. The quantitative estimate of drug-likeness (QED) is 0.0244. The first-order valence-corrected chi connectivity index (χ1v) is 34.1. The number of ether oxygens (including phenoxy) is 4. The van der Waals surface area contributed by atoms with E-state index in [2.05, 4.69) is 44.1 Å². The Hall–Kier alpha value is -7.42. The number of aliphatic hydroxyl groups excluding tert-OH is 2. The number of primary amides is 1. The van der Waals surface area contributed by atoms with Crippen LogP contribution in [0, 0.1) is 53.3 Å². The van der Waals surface area contributed by atoms with Crippen molar-refractivity contribution in [1.82, 2.24) is 41.7 Å².